The first-order valence-electron chi connectivity index (χ1n) is 8.17. The largest absolute Gasteiger partial charge is 0.496 e. The Balaban J connectivity index is 2.21. The minimum Gasteiger partial charge on any atom is -0.496 e. The molecule has 0 bridgehead atoms. The maximum Gasteiger partial charge on any atom is 0.430 e. The Bertz CT molecular complexity index is 967. The molecule has 0 aliphatic carbocycles. The van der Waals surface area contributed by atoms with Gasteiger partial charge in [-0.1, -0.05) is 17.7 Å². The molecule has 0 fully saturated rings. The Morgan fingerprint density at radius 3 is 2.46 bits per heavy atom. The fraction of sp³-hybridized carbons (Fsp3) is 0.250. The minimum atomic E-state index is -4.80. The number of aryl methyl sites for hydroxylation is 1. The van der Waals surface area contributed by atoms with Crippen LogP contribution < -0.4 is 9.47 Å². The molecular formula is C20H16ClF3O4. The van der Waals surface area contributed by atoms with Crippen molar-refractivity contribution >= 4 is 23.6 Å². The van der Waals surface area contributed by atoms with Gasteiger partial charge >= 0.3 is 12.1 Å². The normalized spacial score (nSPS) is 16.0. The van der Waals surface area contributed by atoms with Crippen LogP contribution in [-0.2, 0) is 9.53 Å². The Hall–Kier alpha value is -2.67. The van der Waals surface area contributed by atoms with E-state index >= 15 is 0 Å². The Kier molecular flexibility index (Phi) is 5.30. The molecule has 0 N–H and O–H groups in total. The molecule has 8 heteroatoms. The predicted octanol–water partition coefficient (Wildman–Crippen LogP) is 5.20. The van der Waals surface area contributed by atoms with Crippen LogP contribution in [0.4, 0.5) is 13.2 Å². The zero-order chi connectivity index (χ0) is 20.6. The Morgan fingerprint density at radius 1 is 1.18 bits per heavy atom. The molecule has 2 aromatic rings. The fourth-order valence-corrected chi connectivity index (χ4v) is 3.29. The number of alkyl halides is 3. The van der Waals surface area contributed by atoms with E-state index in [1.165, 1.54) is 19.2 Å². The van der Waals surface area contributed by atoms with Gasteiger partial charge in [-0.15, -0.1) is 0 Å². The summed E-state index contributed by atoms with van der Waals surface area (Å²) >= 11 is 6.17. The molecule has 1 atom stereocenters. The van der Waals surface area contributed by atoms with E-state index in [-0.39, 0.29) is 16.3 Å². The van der Waals surface area contributed by atoms with Crippen LogP contribution in [0.25, 0.3) is 17.2 Å². The molecule has 1 aliphatic rings. The van der Waals surface area contributed by atoms with Crippen molar-refractivity contribution in [2.45, 2.75) is 19.2 Å². The summed E-state index contributed by atoms with van der Waals surface area (Å²) in [5.41, 5.74) is 1.40. The molecule has 1 heterocycles. The van der Waals surface area contributed by atoms with Gasteiger partial charge in [0.15, 0.2) is 0 Å². The second kappa shape index (κ2) is 7.39. The van der Waals surface area contributed by atoms with Gasteiger partial charge in [-0.05, 0) is 48.4 Å². The van der Waals surface area contributed by atoms with Crippen molar-refractivity contribution in [3.63, 3.8) is 0 Å². The number of carbonyl (C=O) groups excluding carboxylic acids is 1. The number of ether oxygens (including phenoxy) is 3. The van der Waals surface area contributed by atoms with Crippen LogP contribution in [0.5, 0.6) is 11.5 Å². The van der Waals surface area contributed by atoms with Gasteiger partial charge in [0, 0.05) is 16.1 Å². The summed E-state index contributed by atoms with van der Waals surface area (Å²) in [6.45, 7) is 1.81. The molecule has 3 rings (SSSR count). The lowest BCUT2D eigenvalue weighted by atomic mass is 9.95. The third-order valence-corrected chi connectivity index (χ3v) is 4.55. The molecule has 0 saturated heterocycles. The first-order valence-corrected chi connectivity index (χ1v) is 8.55. The number of esters is 1. The van der Waals surface area contributed by atoms with Crippen molar-refractivity contribution in [2.24, 2.45) is 0 Å². The van der Waals surface area contributed by atoms with Crippen molar-refractivity contribution in [1.82, 2.24) is 0 Å². The third-order valence-electron chi connectivity index (χ3n) is 4.34. The standard InChI is InChI=1S/C20H16ClF3O4/c1-10-6-11(4-5-16(10)26-2)14-9-13(21)7-12-8-15(19(25)27-3)18(20(22,23)24)28-17(12)14/h4-9,18H,1-3H3. The molecule has 28 heavy (non-hydrogen) atoms. The first-order chi connectivity index (χ1) is 13.2. The van der Waals surface area contributed by atoms with Crippen LogP contribution in [-0.4, -0.2) is 32.5 Å². The van der Waals surface area contributed by atoms with Crippen molar-refractivity contribution in [3.8, 4) is 22.6 Å². The van der Waals surface area contributed by atoms with E-state index < -0.39 is 23.8 Å². The van der Waals surface area contributed by atoms with Crippen LogP contribution in [0.1, 0.15) is 11.1 Å². The number of carbonyl (C=O) groups is 1. The van der Waals surface area contributed by atoms with Gasteiger partial charge in [-0.25, -0.2) is 4.79 Å². The molecule has 1 aliphatic heterocycles. The van der Waals surface area contributed by atoms with Gasteiger partial charge < -0.3 is 14.2 Å². The van der Waals surface area contributed by atoms with E-state index in [0.717, 1.165) is 18.7 Å². The first kappa shape index (κ1) is 20.1. The smallest absolute Gasteiger partial charge is 0.430 e. The van der Waals surface area contributed by atoms with Gasteiger partial charge in [0.2, 0.25) is 6.10 Å². The molecule has 2 aromatic carbocycles. The molecule has 0 radical (unpaired) electrons. The number of benzene rings is 2. The lowest BCUT2D eigenvalue weighted by molar-refractivity contribution is -0.187. The molecular weight excluding hydrogens is 397 g/mol. The highest BCUT2D eigenvalue weighted by atomic mass is 35.5. The second-order valence-electron chi connectivity index (χ2n) is 6.19. The number of fused-ring (bicyclic) bond motifs is 1. The van der Waals surface area contributed by atoms with Crippen LogP contribution in [0.2, 0.25) is 5.02 Å². The molecule has 4 nitrogen and oxygen atoms in total. The SMILES string of the molecule is COC(=O)C1=Cc2cc(Cl)cc(-c3ccc(OC)c(C)c3)c2OC1C(F)(F)F. The van der Waals surface area contributed by atoms with E-state index in [4.69, 9.17) is 21.1 Å². The number of halogens is 4. The average Bonchev–Trinajstić information content (AvgIpc) is 2.64. The highest BCUT2D eigenvalue weighted by Gasteiger charge is 2.49. The maximum absolute atomic E-state index is 13.5. The number of methoxy groups -OCH3 is 2. The van der Waals surface area contributed by atoms with Crippen molar-refractivity contribution in [1.29, 1.82) is 0 Å². The Morgan fingerprint density at radius 2 is 1.89 bits per heavy atom. The van der Waals surface area contributed by atoms with Crippen LogP contribution in [0.3, 0.4) is 0 Å². The van der Waals surface area contributed by atoms with E-state index in [0.29, 0.717) is 16.9 Å². The van der Waals surface area contributed by atoms with E-state index in [1.807, 2.05) is 6.92 Å². The van der Waals surface area contributed by atoms with Crippen LogP contribution in [0.15, 0.2) is 35.9 Å². The second-order valence-corrected chi connectivity index (χ2v) is 6.62. The summed E-state index contributed by atoms with van der Waals surface area (Å²) in [6, 6.07) is 8.12. The van der Waals surface area contributed by atoms with E-state index in [9.17, 15) is 18.0 Å². The van der Waals surface area contributed by atoms with Crippen LogP contribution >= 0.6 is 11.6 Å². The third kappa shape index (κ3) is 3.67. The molecule has 0 amide bonds. The van der Waals surface area contributed by atoms with Crippen molar-refractivity contribution in [3.05, 3.63) is 52.1 Å². The lowest BCUT2D eigenvalue weighted by Crippen LogP contribution is -2.40. The molecule has 0 saturated carbocycles. The van der Waals surface area contributed by atoms with Gasteiger partial charge in [0.05, 0.1) is 19.8 Å². The van der Waals surface area contributed by atoms with E-state index in [2.05, 4.69) is 4.74 Å². The Labute approximate surface area is 164 Å². The van der Waals surface area contributed by atoms with E-state index in [1.54, 1.807) is 18.2 Å². The average molecular weight is 413 g/mol. The molecule has 0 spiro atoms. The highest BCUT2D eigenvalue weighted by molar-refractivity contribution is 6.31. The van der Waals surface area contributed by atoms with Gasteiger partial charge in [0.1, 0.15) is 11.5 Å². The zero-order valence-electron chi connectivity index (χ0n) is 15.2. The van der Waals surface area contributed by atoms with Crippen molar-refractivity contribution < 1.29 is 32.2 Å². The minimum absolute atomic E-state index is 0.0102. The van der Waals surface area contributed by atoms with Crippen molar-refractivity contribution in [2.75, 3.05) is 14.2 Å². The van der Waals surface area contributed by atoms with Gasteiger partial charge in [0.25, 0.3) is 0 Å². The molecule has 0 aromatic heterocycles. The number of hydrogen-bond acceptors (Lipinski definition) is 4. The van der Waals surface area contributed by atoms with Gasteiger partial charge in [-0.3, -0.25) is 0 Å². The summed E-state index contributed by atoms with van der Waals surface area (Å²) in [6.07, 6.45) is -6.13. The summed E-state index contributed by atoms with van der Waals surface area (Å²) in [7, 11) is 2.54. The summed E-state index contributed by atoms with van der Waals surface area (Å²) in [5, 5.41) is 0.289. The summed E-state index contributed by atoms with van der Waals surface area (Å²) in [5.74, 6) is -0.486. The maximum atomic E-state index is 13.5. The lowest BCUT2D eigenvalue weighted by Gasteiger charge is -2.29. The molecule has 148 valence electrons. The summed E-state index contributed by atoms with van der Waals surface area (Å²) < 4.78 is 55.6. The highest BCUT2D eigenvalue weighted by Crippen LogP contribution is 2.44. The quantitative estimate of drug-likeness (QED) is 0.650. The predicted molar refractivity (Wildman–Crippen MR) is 98.6 cm³/mol. The number of hydrogen-bond donors (Lipinski definition) is 0. The topological polar surface area (TPSA) is 44.8 Å². The summed E-state index contributed by atoms with van der Waals surface area (Å²) in [4.78, 5) is 11.9. The fourth-order valence-electron chi connectivity index (χ4n) is 3.07. The molecule has 1 unspecified atom stereocenters. The van der Waals surface area contributed by atoms with Gasteiger partial charge in [-0.2, -0.15) is 13.2 Å². The number of rotatable bonds is 3. The van der Waals surface area contributed by atoms with Crippen LogP contribution in [0, 0.1) is 6.92 Å². The monoisotopic (exact) mass is 412 g/mol. The zero-order valence-corrected chi connectivity index (χ0v) is 15.9.